The van der Waals surface area contributed by atoms with Gasteiger partial charge in [-0.2, -0.15) is 0 Å². The predicted molar refractivity (Wildman–Crippen MR) is 97.8 cm³/mol. The van der Waals surface area contributed by atoms with Gasteiger partial charge in [0.1, 0.15) is 18.4 Å². The van der Waals surface area contributed by atoms with Crippen LogP contribution in [0.4, 0.5) is 10.1 Å². The number of nitrogens with zero attached hydrogens (tertiary/aromatic N) is 3. The summed E-state index contributed by atoms with van der Waals surface area (Å²) in [7, 11) is 0. The molecular formula is C20H24FN3O3. The summed E-state index contributed by atoms with van der Waals surface area (Å²) in [6.45, 7) is 3.92. The van der Waals surface area contributed by atoms with Gasteiger partial charge in [0.25, 0.3) is 5.91 Å². The summed E-state index contributed by atoms with van der Waals surface area (Å²) in [4.78, 5) is 43.6. The van der Waals surface area contributed by atoms with Crippen molar-refractivity contribution in [3.8, 4) is 0 Å². The summed E-state index contributed by atoms with van der Waals surface area (Å²) in [5, 5.41) is 0. The summed E-state index contributed by atoms with van der Waals surface area (Å²) in [6.07, 6.45) is 3.22. The van der Waals surface area contributed by atoms with Gasteiger partial charge in [-0.05, 0) is 49.8 Å². The van der Waals surface area contributed by atoms with Gasteiger partial charge in [0.15, 0.2) is 0 Å². The second-order valence-corrected chi connectivity index (χ2v) is 7.81. The number of halogens is 1. The Kier molecular flexibility index (Phi) is 4.61. The summed E-state index contributed by atoms with van der Waals surface area (Å²) >= 11 is 0. The van der Waals surface area contributed by atoms with E-state index in [9.17, 15) is 18.8 Å². The standard InChI is InChI=1S/C20H24FN3O3/c1-13-6-9-22(10-7-13)18(25)12-24-16-5-4-14(21)11-15(16)19(26)23-8-2-3-17(23)20(24)27/h4-5,11,13,17H,2-3,6-10,12H2,1H3/t17-/m1/s1. The molecule has 0 N–H and O–H groups in total. The Morgan fingerprint density at radius 3 is 2.63 bits per heavy atom. The van der Waals surface area contributed by atoms with Gasteiger partial charge in [-0.15, -0.1) is 0 Å². The second kappa shape index (κ2) is 6.94. The number of benzene rings is 1. The first-order chi connectivity index (χ1) is 13.0. The van der Waals surface area contributed by atoms with Crippen LogP contribution in [0.2, 0.25) is 0 Å². The van der Waals surface area contributed by atoms with Crippen molar-refractivity contribution < 1.29 is 18.8 Å². The zero-order valence-corrected chi connectivity index (χ0v) is 15.5. The van der Waals surface area contributed by atoms with E-state index in [2.05, 4.69) is 6.92 Å². The van der Waals surface area contributed by atoms with Gasteiger partial charge in [0.2, 0.25) is 11.8 Å². The number of carbonyl (C=O) groups is 3. The minimum atomic E-state index is -0.567. The van der Waals surface area contributed by atoms with Gasteiger partial charge < -0.3 is 14.7 Å². The summed E-state index contributed by atoms with van der Waals surface area (Å²) < 4.78 is 13.8. The molecule has 1 aromatic rings. The number of anilines is 1. The first-order valence-electron chi connectivity index (χ1n) is 9.65. The Balaban J connectivity index is 1.66. The molecule has 27 heavy (non-hydrogen) atoms. The van der Waals surface area contributed by atoms with Crippen molar-refractivity contribution in [2.45, 2.75) is 38.6 Å². The highest BCUT2D eigenvalue weighted by Gasteiger charge is 2.43. The lowest BCUT2D eigenvalue weighted by Crippen LogP contribution is -2.49. The van der Waals surface area contributed by atoms with Crippen molar-refractivity contribution in [3.05, 3.63) is 29.6 Å². The highest BCUT2D eigenvalue weighted by Crippen LogP contribution is 2.33. The van der Waals surface area contributed by atoms with E-state index < -0.39 is 11.9 Å². The second-order valence-electron chi connectivity index (χ2n) is 7.81. The van der Waals surface area contributed by atoms with Crippen LogP contribution in [0.5, 0.6) is 0 Å². The fourth-order valence-corrected chi connectivity index (χ4v) is 4.29. The third kappa shape index (κ3) is 3.19. The van der Waals surface area contributed by atoms with E-state index in [1.807, 2.05) is 0 Å². The van der Waals surface area contributed by atoms with Crippen LogP contribution < -0.4 is 4.90 Å². The van der Waals surface area contributed by atoms with Crippen molar-refractivity contribution in [2.24, 2.45) is 5.92 Å². The van der Waals surface area contributed by atoms with Gasteiger partial charge in [-0.1, -0.05) is 6.92 Å². The zero-order chi connectivity index (χ0) is 19.1. The number of rotatable bonds is 2. The van der Waals surface area contributed by atoms with Crippen molar-refractivity contribution in [1.82, 2.24) is 9.80 Å². The molecule has 7 heteroatoms. The van der Waals surface area contributed by atoms with Crippen LogP contribution in [0.1, 0.15) is 43.0 Å². The molecule has 0 aliphatic carbocycles. The molecule has 3 aliphatic heterocycles. The van der Waals surface area contributed by atoms with Crippen LogP contribution in [-0.2, 0) is 9.59 Å². The maximum Gasteiger partial charge on any atom is 0.256 e. The summed E-state index contributed by atoms with van der Waals surface area (Å²) in [6, 6.07) is 3.28. The minimum Gasteiger partial charge on any atom is -0.341 e. The SMILES string of the molecule is CC1CCN(C(=O)CN2C(=O)[C@H]3CCCN3C(=O)c3cc(F)ccc32)CC1. The molecule has 2 fully saturated rings. The van der Waals surface area contributed by atoms with Crippen LogP contribution >= 0.6 is 0 Å². The molecule has 1 atom stereocenters. The molecule has 0 aromatic heterocycles. The minimum absolute atomic E-state index is 0.108. The molecule has 0 radical (unpaired) electrons. The molecule has 0 spiro atoms. The van der Waals surface area contributed by atoms with E-state index in [1.165, 1.54) is 28.0 Å². The maximum atomic E-state index is 13.8. The quantitative estimate of drug-likeness (QED) is 0.797. The molecular weight excluding hydrogens is 349 g/mol. The van der Waals surface area contributed by atoms with E-state index in [-0.39, 0.29) is 29.8 Å². The van der Waals surface area contributed by atoms with Gasteiger partial charge >= 0.3 is 0 Å². The molecule has 4 rings (SSSR count). The van der Waals surface area contributed by atoms with Gasteiger partial charge in [-0.3, -0.25) is 14.4 Å². The number of hydrogen-bond acceptors (Lipinski definition) is 3. The van der Waals surface area contributed by atoms with Crippen molar-refractivity contribution in [1.29, 1.82) is 0 Å². The topological polar surface area (TPSA) is 60.9 Å². The Hall–Kier alpha value is -2.44. The molecule has 3 aliphatic rings. The fraction of sp³-hybridized carbons (Fsp3) is 0.550. The van der Waals surface area contributed by atoms with Crippen molar-refractivity contribution >= 4 is 23.4 Å². The van der Waals surface area contributed by atoms with Crippen LogP contribution in [0, 0.1) is 11.7 Å². The highest BCUT2D eigenvalue weighted by molar-refractivity contribution is 6.12. The first-order valence-corrected chi connectivity index (χ1v) is 9.65. The Morgan fingerprint density at radius 2 is 1.89 bits per heavy atom. The molecule has 2 saturated heterocycles. The van der Waals surface area contributed by atoms with E-state index in [4.69, 9.17) is 0 Å². The molecule has 0 unspecified atom stereocenters. The predicted octanol–water partition coefficient (Wildman–Crippen LogP) is 2.04. The molecule has 0 saturated carbocycles. The van der Waals surface area contributed by atoms with Gasteiger partial charge in [0, 0.05) is 19.6 Å². The van der Waals surface area contributed by atoms with E-state index in [1.54, 1.807) is 4.90 Å². The number of carbonyl (C=O) groups excluding carboxylic acids is 3. The van der Waals surface area contributed by atoms with E-state index >= 15 is 0 Å². The number of fused-ring (bicyclic) bond motifs is 2. The highest BCUT2D eigenvalue weighted by atomic mass is 19.1. The normalized spacial score (nSPS) is 23.3. The molecule has 0 bridgehead atoms. The number of likely N-dealkylation sites (tertiary alicyclic amines) is 1. The first kappa shape index (κ1) is 17.9. The lowest BCUT2D eigenvalue weighted by molar-refractivity contribution is -0.133. The van der Waals surface area contributed by atoms with Crippen molar-refractivity contribution in [3.63, 3.8) is 0 Å². The third-order valence-electron chi connectivity index (χ3n) is 5.97. The van der Waals surface area contributed by atoms with Crippen LogP contribution in [-0.4, -0.2) is 59.7 Å². The number of amides is 3. The monoisotopic (exact) mass is 373 g/mol. The Bertz CT molecular complexity index is 789. The number of hydrogen-bond donors (Lipinski definition) is 0. The van der Waals surface area contributed by atoms with Gasteiger partial charge in [0.05, 0.1) is 11.3 Å². The average molecular weight is 373 g/mol. The summed E-state index contributed by atoms with van der Waals surface area (Å²) in [5.74, 6) is -0.623. The Labute approximate surface area is 157 Å². The summed E-state index contributed by atoms with van der Waals surface area (Å²) in [5.41, 5.74) is 0.493. The van der Waals surface area contributed by atoms with Gasteiger partial charge in [-0.25, -0.2) is 4.39 Å². The number of piperidine rings is 1. The Morgan fingerprint density at radius 1 is 1.15 bits per heavy atom. The molecule has 6 nitrogen and oxygen atoms in total. The molecule has 1 aromatic carbocycles. The van der Waals surface area contributed by atoms with Crippen molar-refractivity contribution in [2.75, 3.05) is 31.1 Å². The molecule has 3 heterocycles. The lowest BCUT2D eigenvalue weighted by Gasteiger charge is -2.33. The van der Waals surface area contributed by atoms with Crippen LogP contribution in [0.3, 0.4) is 0 Å². The maximum absolute atomic E-state index is 13.8. The lowest BCUT2D eigenvalue weighted by atomic mass is 9.99. The fourth-order valence-electron chi connectivity index (χ4n) is 4.29. The van der Waals surface area contributed by atoms with E-state index in [0.717, 1.165) is 19.3 Å². The van der Waals surface area contributed by atoms with E-state index in [0.29, 0.717) is 37.7 Å². The average Bonchev–Trinajstić information content (AvgIpc) is 3.13. The molecule has 3 amide bonds. The molecule has 144 valence electrons. The van der Waals surface area contributed by atoms with Crippen LogP contribution in [0.15, 0.2) is 18.2 Å². The third-order valence-corrected chi connectivity index (χ3v) is 5.97. The van der Waals surface area contributed by atoms with Crippen LogP contribution in [0.25, 0.3) is 0 Å². The largest absolute Gasteiger partial charge is 0.341 e. The smallest absolute Gasteiger partial charge is 0.256 e. The zero-order valence-electron chi connectivity index (χ0n) is 15.5.